The zero-order chi connectivity index (χ0) is 14.7. The minimum absolute atomic E-state index is 0.0560. The Bertz CT molecular complexity index is 763. The van der Waals surface area contributed by atoms with Gasteiger partial charge in [0.15, 0.2) is 0 Å². The Morgan fingerprint density at radius 2 is 2.05 bits per heavy atom. The second kappa shape index (κ2) is 5.79. The Balaban J connectivity index is 1.89. The maximum atomic E-state index is 11.0. The highest BCUT2D eigenvalue weighted by molar-refractivity contribution is 5.87. The fourth-order valence-electron chi connectivity index (χ4n) is 2.61. The molecule has 106 valence electrons. The van der Waals surface area contributed by atoms with E-state index in [1.807, 2.05) is 42.7 Å². The van der Waals surface area contributed by atoms with Crippen molar-refractivity contribution in [2.45, 2.75) is 19.4 Å². The summed E-state index contributed by atoms with van der Waals surface area (Å²) in [5, 5.41) is 10.0. The van der Waals surface area contributed by atoms with Crippen LogP contribution in [0, 0.1) is 0 Å². The van der Waals surface area contributed by atoms with Crippen LogP contribution in [-0.2, 0) is 24.2 Å². The topological polar surface area (TPSA) is 55.1 Å². The normalized spacial score (nSPS) is 10.9. The molecule has 4 heteroatoms. The lowest BCUT2D eigenvalue weighted by Crippen LogP contribution is -2.01. The minimum Gasteiger partial charge on any atom is -0.481 e. The number of aromatic nitrogens is 2. The highest BCUT2D eigenvalue weighted by Crippen LogP contribution is 2.22. The fraction of sp³-hybridized carbons (Fsp3) is 0.176. The molecule has 0 fully saturated rings. The van der Waals surface area contributed by atoms with Gasteiger partial charge in [0.05, 0.1) is 6.42 Å². The first-order valence-corrected chi connectivity index (χ1v) is 6.91. The number of nitrogens with zero attached hydrogens (tertiary/aromatic N) is 2. The van der Waals surface area contributed by atoms with Crippen LogP contribution in [0.4, 0.5) is 0 Å². The van der Waals surface area contributed by atoms with Crippen LogP contribution in [0.2, 0.25) is 0 Å². The second-order valence-electron chi connectivity index (χ2n) is 5.05. The lowest BCUT2D eigenvalue weighted by molar-refractivity contribution is -0.136. The van der Waals surface area contributed by atoms with Crippen molar-refractivity contribution in [2.24, 2.45) is 0 Å². The number of carboxylic acid groups (broad SMARTS) is 1. The Labute approximate surface area is 122 Å². The van der Waals surface area contributed by atoms with Crippen LogP contribution in [0.1, 0.15) is 11.1 Å². The summed E-state index contributed by atoms with van der Waals surface area (Å²) in [4.78, 5) is 15.1. The number of rotatable bonds is 5. The molecule has 0 atom stereocenters. The summed E-state index contributed by atoms with van der Waals surface area (Å²) in [6.07, 6.45) is 6.51. The molecule has 0 radical (unpaired) electrons. The third-order valence-corrected chi connectivity index (χ3v) is 3.58. The molecule has 0 saturated heterocycles. The van der Waals surface area contributed by atoms with Crippen molar-refractivity contribution in [3.63, 3.8) is 0 Å². The average molecular weight is 280 g/mol. The first kappa shape index (κ1) is 13.4. The molecule has 2 aromatic heterocycles. The van der Waals surface area contributed by atoms with Crippen LogP contribution < -0.4 is 0 Å². The average Bonchev–Trinajstić information content (AvgIpc) is 2.84. The number of aliphatic carboxylic acids is 1. The quantitative estimate of drug-likeness (QED) is 0.781. The van der Waals surface area contributed by atoms with Crippen LogP contribution in [0.25, 0.3) is 10.9 Å². The van der Waals surface area contributed by atoms with Gasteiger partial charge in [-0.2, -0.15) is 0 Å². The van der Waals surface area contributed by atoms with E-state index < -0.39 is 5.97 Å². The number of para-hydroxylation sites is 1. The van der Waals surface area contributed by atoms with Gasteiger partial charge in [-0.25, -0.2) is 0 Å². The lowest BCUT2D eigenvalue weighted by atomic mass is 10.1. The molecule has 4 nitrogen and oxygen atoms in total. The Morgan fingerprint density at radius 3 is 2.81 bits per heavy atom. The van der Waals surface area contributed by atoms with Crippen molar-refractivity contribution < 1.29 is 9.90 Å². The summed E-state index contributed by atoms with van der Waals surface area (Å²) in [6.45, 7) is 0.811. The van der Waals surface area contributed by atoms with E-state index in [1.54, 1.807) is 6.20 Å². The lowest BCUT2D eigenvalue weighted by Gasteiger charge is -2.05. The molecule has 3 aromatic rings. The third-order valence-electron chi connectivity index (χ3n) is 3.58. The SMILES string of the molecule is O=C(O)Cc1cn(CCc2cccnc2)c2ccccc12. The van der Waals surface area contributed by atoms with E-state index in [0.717, 1.165) is 29.4 Å². The van der Waals surface area contributed by atoms with E-state index >= 15 is 0 Å². The number of fused-ring (bicyclic) bond motifs is 1. The number of hydrogen-bond acceptors (Lipinski definition) is 2. The first-order valence-electron chi connectivity index (χ1n) is 6.91. The number of carboxylic acids is 1. The number of hydrogen-bond donors (Lipinski definition) is 1. The molecule has 0 amide bonds. The molecule has 0 saturated carbocycles. The van der Waals surface area contributed by atoms with Gasteiger partial charge in [-0.1, -0.05) is 24.3 Å². The highest BCUT2D eigenvalue weighted by Gasteiger charge is 2.10. The van der Waals surface area contributed by atoms with Gasteiger partial charge < -0.3 is 9.67 Å². The van der Waals surface area contributed by atoms with Crippen LogP contribution in [0.5, 0.6) is 0 Å². The molecular formula is C17H16N2O2. The van der Waals surface area contributed by atoms with E-state index in [2.05, 4.69) is 15.6 Å². The Hall–Kier alpha value is -2.62. The summed E-state index contributed by atoms with van der Waals surface area (Å²) >= 11 is 0. The summed E-state index contributed by atoms with van der Waals surface area (Å²) in [5.74, 6) is -0.801. The third kappa shape index (κ3) is 2.94. The summed E-state index contributed by atoms with van der Waals surface area (Å²) in [7, 11) is 0. The van der Waals surface area contributed by atoms with E-state index in [-0.39, 0.29) is 6.42 Å². The van der Waals surface area contributed by atoms with Crippen molar-refractivity contribution in [3.05, 3.63) is 66.1 Å². The van der Waals surface area contributed by atoms with E-state index in [4.69, 9.17) is 5.11 Å². The predicted molar refractivity (Wildman–Crippen MR) is 81.2 cm³/mol. The van der Waals surface area contributed by atoms with Gasteiger partial charge in [-0.15, -0.1) is 0 Å². The maximum absolute atomic E-state index is 11.0. The monoisotopic (exact) mass is 280 g/mol. The predicted octanol–water partition coefficient (Wildman–Crippen LogP) is 2.91. The number of benzene rings is 1. The molecule has 0 unspecified atom stereocenters. The molecule has 3 rings (SSSR count). The standard InChI is InChI=1S/C17H16N2O2/c20-17(21)10-14-12-19(16-6-2-1-5-15(14)16)9-7-13-4-3-8-18-11-13/h1-6,8,11-12H,7,9-10H2,(H,20,21). The van der Waals surface area contributed by atoms with Crippen LogP contribution >= 0.6 is 0 Å². The largest absolute Gasteiger partial charge is 0.481 e. The van der Waals surface area contributed by atoms with Crippen molar-refractivity contribution >= 4 is 16.9 Å². The molecule has 0 aliphatic heterocycles. The zero-order valence-electron chi connectivity index (χ0n) is 11.6. The van der Waals surface area contributed by atoms with E-state index in [9.17, 15) is 4.79 Å². The van der Waals surface area contributed by atoms with Gasteiger partial charge in [0.1, 0.15) is 0 Å². The molecule has 0 spiro atoms. The molecule has 2 heterocycles. The van der Waals surface area contributed by atoms with Gasteiger partial charge in [0.25, 0.3) is 0 Å². The number of pyridine rings is 1. The Kier molecular flexibility index (Phi) is 3.69. The first-order chi connectivity index (χ1) is 10.2. The molecule has 1 aromatic carbocycles. The second-order valence-corrected chi connectivity index (χ2v) is 5.05. The van der Waals surface area contributed by atoms with Crippen molar-refractivity contribution in [2.75, 3.05) is 0 Å². The molecule has 21 heavy (non-hydrogen) atoms. The minimum atomic E-state index is -0.801. The molecule has 0 aliphatic carbocycles. The summed E-state index contributed by atoms with van der Waals surface area (Å²) in [5.41, 5.74) is 3.12. The zero-order valence-corrected chi connectivity index (χ0v) is 11.6. The molecule has 0 bridgehead atoms. The smallest absolute Gasteiger partial charge is 0.307 e. The van der Waals surface area contributed by atoms with Gasteiger partial charge in [-0.05, 0) is 29.7 Å². The van der Waals surface area contributed by atoms with E-state index in [0.29, 0.717) is 0 Å². The van der Waals surface area contributed by atoms with Crippen molar-refractivity contribution in [1.82, 2.24) is 9.55 Å². The van der Waals surface area contributed by atoms with Gasteiger partial charge in [0.2, 0.25) is 0 Å². The van der Waals surface area contributed by atoms with E-state index in [1.165, 1.54) is 5.56 Å². The van der Waals surface area contributed by atoms with Gasteiger partial charge in [-0.3, -0.25) is 9.78 Å². The van der Waals surface area contributed by atoms with Crippen LogP contribution in [0.3, 0.4) is 0 Å². The fourth-order valence-corrected chi connectivity index (χ4v) is 2.61. The van der Waals surface area contributed by atoms with Crippen molar-refractivity contribution in [3.8, 4) is 0 Å². The van der Waals surface area contributed by atoms with Crippen LogP contribution in [-0.4, -0.2) is 20.6 Å². The summed E-state index contributed by atoms with van der Waals surface area (Å²) < 4.78 is 2.13. The Morgan fingerprint density at radius 1 is 1.19 bits per heavy atom. The molecule has 0 aliphatic rings. The molecular weight excluding hydrogens is 264 g/mol. The maximum Gasteiger partial charge on any atom is 0.307 e. The van der Waals surface area contributed by atoms with Crippen molar-refractivity contribution in [1.29, 1.82) is 0 Å². The summed E-state index contributed by atoms with van der Waals surface area (Å²) in [6, 6.07) is 11.9. The van der Waals surface area contributed by atoms with Crippen LogP contribution in [0.15, 0.2) is 55.0 Å². The highest BCUT2D eigenvalue weighted by atomic mass is 16.4. The number of carbonyl (C=O) groups is 1. The molecule has 1 N–H and O–H groups in total. The number of aryl methyl sites for hydroxylation is 2. The van der Waals surface area contributed by atoms with Gasteiger partial charge >= 0.3 is 5.97 Å². The van der Waals surface area contributed by atoms with Gasteiger partial charge in [0, 0.05) is 36.0 Å².